The highest BCUT2D eigenvalue weighted by atomic mass is 35.5. The Hall–Kier alpha value is -1.55. The number of anilines is 1. The number of carbonyl (C=O) groups is 2. The predicted molar refractivity (Wildman–Crippen MR) is 79.7 cm³/mol. The summed E-state index contributed by atoms with van der Waals surface area (Å²) < 4.78 is 0. The number of carbonyl (C=O) groups excluding carboxylic acids is 2. The van der Waals surface area contributed by atoms with E-state index in [9.17, 15) is 9.59 Å². The SMILES string of the molecule is CC(=O)N(CC(=O)Nc1ccccc1Cl)C1CCCC1. The first-order chi connectivity index (χ1) is 9.58. The number of para-hydroxylation sites is 1. The first-order valence-corrected chi connectivity index (χ1v) is 7.27. The van der Waals surface area contributed by atoms with Crippen molar-refractivity contribution in [2.24, 2.45) is 0 Å². The Morgan fingerprint density at radius 1 is 1.30 bits per heavy atom. The van der Waals surface area contributed by atoms with E-state index in [0.29, 0.717) is 10.7 Å². The molecule has 108 valence electrons. The first kappa shape index (κ1) is 14.9. The van der Waals surface area contributed by atoms with Gasteiger partial charge in [0.05, 0.1) is 10.7 Å². The van der Waals surface area contributed by atoms with Crippen LogP contribution >= 0.6 is 11.6 Å². The third-order valence-corrected chi connectivity index (χ3v) is 3.96. The zero-order valence-corrected chi connectivity index (χ0v) is 12.3. The molecule has 20 heavy (non-hydrogen) atoms. The average Bonchev–Trinajstić information content (AvgIpc) is 2.92. The zero-order chi connectivity index (χ0) is 14.5. The molecule has 1 saturated carbocycles. The van der Waals surface area contributed by atoms with Crippen molar-refractivity contribution in [2.75, 3.05) is 11.9 Å². The van der Waals surface area contributed by atoms with Crippen LogP contribution in [0.3, 0.4) is 0 Å². The van der Waals surface area contributed by atoms with E-state index in [2.05, 4.69) is 5.32 Å². The van der Waals surface area contributed by atoms with Crippen LogP contribution in [0.4, 0.5) is 5.69 Å². The molecule has 1 aromatic carbocycles. The summed E-state index contributed by atoms with van der Waals surface area (Å²) in [5.41, 5.74) is 0.578. The molecule has 2 amide bonds. The Kier molecular flexibility index (Phi) is 5.01. The fraction of sp³-hybridized carbons (Fsp3) is 0.467. The summed E-state index contributed by atoms with van der Waals surface area (Å²) in [4.78, 5) is 25.4. The average molecular weight is 295 g/mol. The van der Waals surface area contributed by atoms with Crippen molar-refractivity contribution in [2.45, 2.75) is 38.6 Å². The number of hydrogen-bond donors (Lipinski definition) is 1. The summed E-state index contributed by atoms with van der Waals surface area (Å²) in [6.07, 6.45) is 4.22. The molecule has 0 unspecified atom stereocenters. The van der Waals surface area contributed by atoms with Crippen LogP contribution < -0.4 is 5.32 Å². The van der Waals surface area contributed by atoms with Gasteiger partial charge in [0.25, 0.3) is 0 Å². The van der Waals surface area contributed by atoms with E-state index in [-0.39, 0.29) is 24.4 Å². The van der Waals surface area contributed by atoms with Crippen LogP contribution in [0.2, 0.25) is 5.02 Å². The molecule has 1 N–H and O–H groups in total. The summed E-state index contributed by atoms with van der Waals surface area (Å²) in [7, 11) is 0. The molecule has 0 saturated heterocycles. The summed E-state index contributed by atoms with van der Waals surface area (Å²) >= 11 is 6.00. The van der Waals surface area contributed by atoms with E-state index < -0.39 is 0 Å². The van der Waals surface area contributed by atoms with Gasteiger partial charge in [-0.1, -0.05) is 36.6 Å². The molecule has 0 spiro atoms. The molecule has 0 aliphatic heterocycles. The number of hydrogen-bond acceptors (Lipinski definition) is 2. The van der Waals surface area contributed by atoms with Gasteiger partial charge in [-0.05, 0) is 25.0 Å². The lowest BCUT2D eigenvalue weighted by Crippen LogP contribution is -2.42. The van der Waals surface area contributed by atoms with Crippen LogP contribution in [-0.4, -0.2) is 29.3 Å². The molecule has 1 aliphatic rings. The van der Waals surface area contributed by atoms with Crippen molar-refractivity contribution < 1.29 is 9.59 Å². The monoisotopic (exact) mass is 294 g/mol. The van der Waals surface area contributed by atoms with Gasteiger partial charge in [0, 0.05) is 13.0 Å². The van der Waals surface area contributed by atoms with Crippen molar-refractivity contribution in [3.63, 3.8) is 0 Å². The van der Waals surface area contributed by atoms with Gasteiger partial charge in [0.2, 0.25) is 11.8 Å². The lowest BCUT2D eigenvalue weighted by atomic mass is 10.2. The zero-order valence-electron chi connectivity index (χ0n) is 11.6. The summed E-state index contributed by atoms with van der Waals surface area (Å²) in [5, 5.41) is 3.25. The third kappa shape index (κ3) is 3.73. The van der Waals surface area contributed by atoms with Crippen LogP contribution in [0.15, 0.2) is 24.3 Å². The summed E-state index contributed by atoms with van der Waals surface area (Å²) in [6, 6.07) is 7.27. The normalized spacial score (nSPS) is 15.1. The maximum Gasteiger partial charge on any atom is 0.244 e. The molecule has 0 bridgehead atoms. The van der Waals surface area contributed by atoms with E-state index in [4.69, 9.17) is 11.6 Å². The molecular weight excluding hydrogens is 276 g/mol. The Balaban J connectivity index is 1.98. The highest BCUT2D eigenvalue weighted by Crippen LogP contribution is 2.24. The van der Waals surface area contributed by atoms with Gasteiger partial charge in [-0.25, -0.2) is 0 Å². The van der Waals surface area contributed by atoms with E-state index in [0.717, 1.165) is 25.7 Å². The Morgan fingerprint density at radius 3 is 2.55 bits per heavy atom. The van der Waals surface area contributed by atoms with Crippen molar-refractivity contribution in [1.82, 2.24) is 4.90 Å². The van der Waals surface area contributed by atoms with Gasteiger partial charge in [-0.15, -0.1) is 0 Å². The van der Waals surface area contributed by atoms with Gasteiger partial charge in [0.15, 0.2) is 0 Å². The van der Waals surface area contributed by atoms with E-state index in [1.54, 1.807) is 29.2 Å². The highest BCUT2D eigenvalue weighted by molar-refractivity contribution is 6.33. The van der Waals surface area contributed by atoms with Crippen LogP contribution in [0.1, 0.15) is 32.6 Å². The maximum absolute atomic E-state index is 12.1. The first-order valence-electron chi connectivity index (χ1n) is 6.89. The van der Waals surface area contributed by atoms with Crippen molar-refractivity contribution in [3.05, 3.63) is 29.3 Å². The van der Waals surface area contributed by atoms with Gasteiger partial charge in [-0.3, -0.25) is 9.59 Å². The fourth-order valence-electron chi connectivity index (χ4n) is 2.62. The maximum atomic E-state index is 12.1. The topological polar surface area (TPSA) is 49.4 Å². The van der Waals surface area contributed by atoms with Gasteiger partial charge >= 0.3 is 0 Å². The lowest BCUT2D eigenvalue weighted by Gasteiger charge is -2.27. The van der Waals surface area contributed by atoms with Gasteiger partial charge in [-0.2, -0.15) is 0 Å². The number of nitrogens with one attached hydrogen (secondary N) is 1. The number of benzene rings is 1. The smallest absolute Gasteiger partial charge is 0.244 e. The van der Waals surface area contributed by atoms with Crippen molar-refractivity contribution in [3.8, 4) is 0 Å². The minimum atomic E-state index is -0.208. The Labute approximate surface area is 124 Å². The molecule has 5 heteroatoms. The Morgan fingerprint density at radius 2 is 1.95 bits per heavy atom. The standard InChI is InChI=1S/C15H19ClN2O2/c1-11(19)18(12-6-2-3-7-12)10-15(20)17-14-9-5-4-8-13(14)16/h4-5,8-9,12H,2-3,6-7,10H2,1H3,(H,17,20). The Bertz CT molecular complexity index is 498. The van der Waals surface area contributed by atoms with E-state index in [1.165, 1.54) is 6.92 Å². The predicted octanol–water partition coefficient (Wildman–Crippen LogP) is 3.07. The van der Waals surface area contributed by atoms with Gasteiger partial charge < -0.3 is 10.2 Å². The molecule has 0 atom stereocenters. The number of rotatable bonds is 4. The molecule has 2 rings (SSSR count). The van der Waals surface area contributed by atoms with E-state index >= 15 is 0 Å². The van der Waals surface area contributed by atoms with Crippen LogP contribution in [0.25, 0.3) is 0 Å². The minimum absolute atomic E-state index is 0.0498. The molecule has 1 fully saturated rings. The molecule has 0 aromatic heterocycles. The summed E-state index contributed by atoms with van der Waals surface area (Å²) in [5.74, 6) is -0.258. The largest absolute Gasteiger partial charge is 0.331 e. The van der Waals surface area contributed by atoms with Crippen LogP contribution in [0, 0.1) is 0 Å². The molecule has 0 heterocycles. The van der Waals surface area contributed by atoms with E-state index in [1.807, 2.05) is 0 Å². The van der Waals surface area contributed by atoms with Crippen LogP contribution in [-0.2, 0) is 9.59 Å². The second-order valence-corrected chi connectivity index (χ2v) is 5.52. The molecule has 0 radical (unpaired) electrons. The number of amides is 2. The van der Waals surface area contributed by atoms with Crippen molar-refractivity contribution in [1.29, 1.82) is 0 Å². The molecule has 1 aromatic rings. The third-order valence-electron chi connectivity index (χ3n) is 3.63. The summed E-state index contributed by atoms with van der Waals surface area (Å²) in [6.45, 7) is 1.60. The number of nitrogens with zero attached hydrogens (tertiary/aromatic N) is 1. The quantitative estimate of drug-likeness (QED) is 0.928. The second kappa shape index (κ2) is 6.75. The minimum Gasteiger partial charge on any atom is -0.331 e. The van der Waals surface area contributed by atoms with Crippen LogP contribution in [0.5, 0.6) is 0 Å². The van der Waals surface area contributed by atoms with Crippen molar-refractivity contribution >= 4 is 29.1 Å². The fourth-order valence-corrected chi connectivity index (χ4v) is 2.80. The molecule has 1 aliphatic carbocycles. The van der Waals surface area contributed by atoms with Gasteiger partial charge in [0.1, 0.15) is 6.54 Å². The highest BCUT2D eigenvalue weighted by Gasteiger charge is 2.26. The molecule has 4 nitrogen and oxygen atoms in total. The number of halogens is 1. The second-order valence-electron chi connectivity index (χ2n) is 5.11. The molecular formula is C15H19ClN2O2. The lowest BCUT2D eigenvalue weighted by molar-refractivity contribution is -0.135.